The number of urea groups is 1. The first-order chi connectivity index (χ1) is 12.2. The molecule has 2 saturated heterocycles. The normalized spacial score (nSPS) is 22.4. The van der Waals surface area contributed by atoms with Crippen molar-refractivity contribution in [2.45, 2.75) is 24.9 Å². The Kier molecular flexibility index (Phi) is 4.56. The van der Waals surface area contributed by atoms with Gasteiger partial charge in [0.15, 0.2) is 0 Å². The van der Waals surface area contributed by atoms with Crippen molar-refractivity contribution >= 4 is 33.9 Å². The third-order valence-corrected chi connectivity index (χ3v) is 4.56. The molecule has 2 aliphatic heterocycles. The van der Waals surface area contributed by atoms with Crippen LogP contribution < -0.4 is 11.1 Å². The summed E-state index contributed by atoms with van der Waals surface area (Å²) in [6, 6.07) is 3.78. The minimum atomic E-state index is -4.84. The molecular formula is C14H16N4O7S. The molecule has 2 fully saturated rings. The van der Waals surface area contributed by atoms with Gasteiger partial charge in [-0.2, -0.15) is 13.5 Å². The number of fused-ring (bicyclic) bond motifs is 2. The second-order valence-electron chi connectivity index (χ2n) is 5.94. The van der Waals surface area contributed by atoms with Crippen molar-refractivity contribution in [3.05, 3.63) is 29.8 Å². The van der Waals surface area contributed by atoms with Gasteiger partial charge in [0, 0.05) is 17.8 Å². The fourth-order valence-corrected chi connectivity index (χ4v) is 3.47. The number of amides is 4. The van der Waals surface area contributed by atoms with Gasteiger partial charge in [-0.3, -0.25) is 14.1 Å². The SMILES string of the molecule is NC(=O)c1cccc(NC(=O)C2CCC3CN2C(=O)N3OS(=O)(=O)O)c1. The monoisotopic (exact) mass is 384 g/mol. The number of anilines is 1. The molecule has 0 aromatic heterocycles. The lowest BCUT2D eigenvalue weighted by Gasteiger charge is -2.29. The zero-order valence-electron chi connectivity index (χ0n) is 13.4. The molecule has 0 saturated carbocycles. The molecule has 0 radical (unpaired) electrons. The molecular weight excluding hydrogens is 368 g/mol. The Labute approximate surface area is 148 Å². The van der Waals surface area contributed by atoms with Gasteiger partial charge in [0.1, 0.15) is 6.04 Å². The summed E-state index contributed by atoms with van der Waals surface area (Å²) < 4.78 is 34.8. The summed E-state index contributed by atoms with van der Waals surface area (Å²) in [6.07, 6.45) is 0.597. The zero-order chi connectivity index (χ0) is 19.1. The molecule has 4 N–H and O–H groups in total. The molecule has 2 unspecified atom stereocenters. The predicted molar refractivity (Wildman–Crippen MR) is 87.0 cm³/mol. The van der Waals surface area contributed by atoms with Gasteiger partial charge in [-0.15, -0.1) is 4.28 Å². The van der Waals surface area contributed by atoms with Crippen molar-refractivity contribution in [1.82, 2.24) is 9.96 Å². The third kappa shape index (κ3) is 3.61. The number of nitrogens with zero attached hydrogens (tertiary/aromatic N) is 2. The Bertz CT molecular complexity index is 872. The van der Waals surface area contributed by atoms with Crippen molar-refractivity contribution in [3.8, 4) is 0 Å². The molecule has 140 valence electrons. The van der Waals surface area contributed by atoms with E-state index in [2.05, 4.69) is 9.60 Å². The standard InChI is InChI=1S/C14H16N4O7S/c15-12(19)8-2-1-3-9(6-8)16-13(20)11-5-4-10-7-17(11)14(21)18(10)25-26(22,23)24/h1-3,6,10-11H,4-5,7H2,(H2,15,19)(H,16,20)(H,22,23,24). The fraction of sp³-hybridized carbons (Fsp3) is 0.357. The lowest BCUT2D eigenvalue weighted by atomic mass is 10.00. The van der Waals surface area contributed by atoms with E-state index in [0.717, 1.165) is 0 Å². The number of primary amides is 1. The Morgan fingerprint density at radius 3 is 2.69 bits per heavy atom. The lowest BCUT2D eigenvalue weighted by Crippen LogP contribution is -2.47. The van der Waals surface area contributed by atoms with Crippen LogP contribution >= 0.6 is 0 Å². The van der Waals surface area contributed by atoms with Crippen LogP contribution in [0.25, 0.3) is 0 Å². The minimum absolute atomic E-state index is 0.0910. The van der Waals surface area contributed by atoms with E-state index in [-0.39, 0.29) is 18.5 Å². The maximum absolute atomic E-state index is 12.5. The minimum Gasteiger partial charge on any atom is -0.366 e. The van der Waals surface area contributed by atoms with Crippen LogP contribution in [0.15, 0.2) is 24.3 Å². The van der Waals surface area contributed by atoms with Gasteiger partial charge in [-0.05, 0) is 31.0 Å². The van der Waals surface area contributed by atoms with Crippen LogP contribution in [0.3, 0.4) is 0 Å². The number of hydrogen-bond donors (Lipinski definition) is 3. The van der Waals surface area contributed by atoms with Crippen LogP contribution in [-0.4, -0.2) is 59.4 Å². The molecule has 2 bridgehead atoms. The third-order valence-electron chi connectivity index (χ3n) is 4.21. The molecule has 0 spiro atoms. The Morgan fingerprint density at radius 1 is 1.31 bits per heavy atom. The number of hydroxylamine groups is 2. The largest absolute Gasteiger partial charge is 0.418 e. The van der Waals surface area contributed by atoms with Crippen molar-refractivity contribution < 1.29 is 31.6 Å². The second kappa shape index (κ2) is 6.55. The van der Waals surface area contributed by atoms with Crippen LogP contribution in [0, 0.1) is 0 Å². The molecule has 2 heterocycles. The Morgan fingerprint density at radius 2 is 2.04 bits per heavy atom. The Balaban J connectivity index is 1.73. The molecule has 1 aromatic carbocycles. The highest BCUT2D eigenvalue weighted by Gasteiger charge is 2.49. The van der Waals surface area contributed by atoms with E-state index in [9.17, 15) is 22.8 Å². The maximum atomic E-state index is 12.5. The van der Waals surface area contributed by atoms with E-state index >= 15 is 0 Å². The van der Waals surface area contributed by atoms with Crippen molar-refractivity contribution in [1.29, 1.82) is 0 Å². The number of hydrogen-bond acceptors (Lipinski definition) is 6. The quantitative estimate of drug-likeness (QED) is 0.589. The molecule has 26 heavy (non-hydrogen) atoms. The van der Waals surface area contributed by atoms with E-state index < -0.39 is 40.3 Å². The average Bonchev–Trinajstić information content (AvgIpc) is 2.78. The zero-order valence-corrected chi connectivity index (χ0v) is 14.2. The van der Waals surface area contributed by atoms with Gasteiger partial charge < -0.3 is 16.0 Å². The number of piperidine rings is 1. The molecule has 12 heteroatoms. The highest BCUT2D eigenvalue weighted by molar-refractivity contribution is 7.80. The number of nitrogens with two attached hydrogens (primary N) is 1. The van der Waals surface area contributed by atoms with Crippen molar-refractivity contribution in [3.63, 3.8) is 0 Å². The highest BCUT2D eigenvalue weighted by atomic mass is 32.3. The molecule has 11 nitrogen and oxygen atoms in total. The van der Waals surface area contributed by atoms with Gasteiger partial charge in [0.25, 0.3) is 0 Å². The van der Waals surface area contributed by atoms with Gasteiger partial charge in [-0.1, -0.05) is 6.07 Å². The first-order valence-electron chi connectivity index (χ1n) is 7.63. The summed E-state index contributed by atoms with van der Waals surface area (Å²) in [6.45, 7) is 0.0910. The summed E-state index contributed by atoms with van der Waals surface area (Å²) in [4.78, 5) is 37.2. The molecule has 2 atom stereocenters. The van der Waals surface area contributed by atoms with Crippen molar-refractivity contribution in [2.24, 2.45) is 5.73 Å². The highest BCUT2D eigenvalue weighted by Crippen LogP contribution is 2.31. The van der Waals surface area contributed by atoms with Crippen LogP contribution in [0.4, 0.5) is 10.5 Å². The topological polar surface area (TPSA) is 159 Å². The number of carbonyl (C=O) groups excluding carboxylic acids is 3. The van der Waals surface area contributed by atoms with E-state index in [1.807, 2.05) is 0 Å². The van der Waals surface area contributed by atoms with Crippen LogP contribution in [0.2, 0.25) is 0 Å². The van der Waals surface area contributed by atoms with E-state index in [1.165, 1.54) is 17.0 Å². The Hall–Kier alpha value is -2.70. The fourth-order valence-electron chi connectivity index (χ4n) is 3.08. The van der Waals surface area contributed by atoms with E-state index in [4.69, 9.17) is 10.3 Å². The first-order valence-corrected chi connectivity index (χ1v) is 9.00. The van der Waals surface area contributed by atoms with Gasteiger partial charge >= 0.3 is 16.4 Å². The van der Waals surface area contributed by atoms with Gasteiger partial charge in [0.2, 0.25) is 11.8 Å². The first kappa shape index (κ1) is 18.1. The second-order valence-corrected chi connectivity index (χ2v) is 6.95. The molecule has 2 aliphatic rings. The summed E-state index contributed by atoms with van der Waals surface area (Å²) in [5.41, 5.74) is 5.75. The predicted octanol–water partition coefficient (Wildman–Crippen LogP) is -0.273. The summed E-state index contributed by atoms with van der Waals surface area (Å²) in [7, 11) is -4.84. The van der Waals surface area contributed by atoms with Gasteiger partial charge in [0.05, 0.1) is 6.04 Å². The summed E-state index contributed by atoms with van der Waals surface area (Å²) in [5, 5.41) is 3.17. The van der Waals surface area contributed by atoms with Crippen LogP contribution in [0.5, 0.6) is 0 Å². The lowest BCUT2D eigenvalue weighted by molar-refractivity contribution is -0.120. The molecule has 0 aliphatic carbocycles. The summed E-state index contributed by atoms with van der Waals surface area (Å²) in [5.74, 6) is -1.14. The molecule has 3 rings (SSSR count). The van der Waals surface area contributed by atoms with Gasteiger partial charge in [-0.25, -0.2) is 4.79 Å². The number of carbonyl (C=O) groups is 3. The van der Waals surface area contributed by atoms with Crippen LogP contribution in [0.1, 0.15) is 23.2 Å². The average molecular weight is 384 g/mol. The number of benzene rings is 1. The summed E-state index contributed by atoms with van der Waals surface area (Å²) >= 11 is 0. The van der Waals surface area contributed by atoms with Crippen LogP contribution in [-0.2, 0) is 19.5 Å². The van der Waals surface area contributed by atoms with E-state index in [1.54, 1.807) is 12.1 Å². The number of nitrogens with one attached hydrogen (secondary N) is 1. The van der Waals surface area contributed by atoms with Crippen molar-refractivity contribution in [2.75, 3.05) is 11.9 Å². The van der Waals surface area contributed by atoms with E-state index in [0.29, 0.717) is 17.2 Å². The molecule has 1 aromatic rings. The smallest absolute Gasteiger partial charge is 0.366 e. The molecule has 4 amide bonds. The number of rotatable bonds is 5. The maximum Gasteiger partial charge on any atom is 0.418 e.